The number of benzene rings is 1. The normalized spacial score (nSPS) is 12.1. The lowest BCUT2D eigenvalue weighted by Gasteiger charge is -2.17. The van der Waals surface area contributed by atoms with Crippen molar-refractivity contribution in [3.05, 3.63) is 35.9 Å². The third kappa shape index (κ3) is 6.70. The number of thioether (sulfide) groups is 1. The highest BCUT2D eigenvalue weighted by molar-refractivity contribution is 7.98. The fourth-order valence-corrected chi connectivity index (χ4v) is 2.91. The number of amides is 1. The second kappa shape index (κ2) is 9.03. The maximum atomic E-state index is 11.1. The molecule has 0 bridgehead atoms. The van der Waals surface area contributed by atoms with Crippen molar-refractivity contribution in [3.63, 3.8) is 0 Å². The summed E-state index contributed by atoms with van der Waals surface area (Å²) in [5.74, 6) is 2.09. The number of carbonyl (C=O) groups excluding carboxylic acids is 1. The predicted molar refractivity (Wildman–Crippen MR) is 79.7 cm³/mol. The minimum atomic E-state index is 0.0800. The Kier molecular flexibility index (Phi) is 7.58. The first-order valence-electron chi connectivity index (χ1n) is 6.61. The van der Waals surface area contributed by atoms with Crippen molar-refractivity contribution in [3.8, 4) is 0 Å². The van der Waals surface area contributed by atoms with Crippen LogP contribution in [0.1, 0.15) is 38.7 Å². The highest BCUT2D eigenvalue weighted by Gasteiger charge is 2.09. The predicted octanol–water partition coefficient (Wildman–Crippen LogP) is 3.61. The van der Waals surface area contributed by atoms with E-state index in [0.29, 0.717) is 6.04 Å². The molecule has 0 aliphatic heterocycles. The Bertz CT molecular complexity index is 340. The maximum absolute atomic E-state index is 11.1. The molecule has 1 aromatic rings. The Balaban J connectivity index is 2.30. The number of hydrogen-bond acceptors (Lipinski definition) is 2. The number of unbranched alkanes of at least 4 members (excludes halogenated alkanes) is 1. The second-order valence-corrected chi connectivity index (χ2v) is 5.57. The molecule has 0 fully saturated rings. The van der Waals surface area contributed by atoms with E-state index in [4.69, 9.17) is 0 Å². The molecule has 0 spiro atoms. The zero-order valence-electron chi connectivity index (χ0n) is 11.3. The van der Waals surface area contributed by atoms with Gasteiger partial charge in [-0.1, -0.05) is 50.1 Å². The molecule has 0 aliphatic rings. The molecule has 1 amide bonds. The molecule has 1 aromatic carbocycles. The van der Waals surface area contributed by atoms with Crippen LogP contribution in [0, 0.1) is 0 Å². The van der Waals surface area contributed by atoms with Gasteiger partial charge in [-0.05, 0) is 12.0 Å². The van der Waals surface area contributed by atoms with Gasteiger partial charge >= 0.3 is 0 Å². The summed E-state index contributed by atoms with van der Waals surface area (Å²) < 4.78 is 0. The Hall–Kier alpha value is -0.960. The van der Waals surface area contributed by atoms with E-state index >= 15 is 0 Å². The fourth-order valence-electron chi connectivity index (χ4n) is 1.83. The third-order valence-electron chi connectivity index (χ3n) is 2.74. The summed E-state index contributed by atoms with van der Waals surface area (Å²) in [6.07, 6.45) is 3.44. The van der Waals surface area contributed by atoms with Gasteiger partial charge in [-0.15, -0.1) is 0 Å². The monoisotopic (exact) mass is 265 g/mol. The quantitative estimate of drug-likeness (QED) is 0.778. The number of hydrogen-bond donors (Lipinski definition) is 1. The van der Waals surface area contributed by atoms with E-state index in [9.17, 15) is 4.79 Å². The lowest BCUT2D eigenvalue weighted by molar-refractivity contribution is -0.119. The van der Waals surface area contributed by atoms with Crippen molar-refractivity contribution >= 4 is 17.7 Å². The van der Waals surface area contributed by atoms with Gasteiger partial charge in [-0.25, -0.2) is 0 Å². The SMILES string of the molecule is CCCCC(CSCc1ccccc1)NC(C)=O. The molecule has 1 rings (SSSR count). The number of carbonyl (C=O) groups is 1. The highest BCUT2D eigenvalue weighted by Crippen LogP contribution is 2.15. The Morgan fingerprint density at radius 3 is 2.67 bits per heavy atom. The molecule has 100 valence electrons. The average Bonchev–Trinajstić information content (AvgIpc) is 2.36. The van der Waals surface area contributed by atoms with E-state index in [-0.39, 0.29) is 5.91 Å². The van der Waals surface area contributed by atoms with Gasteiger partial charge in [0.25, 0.3) is 0 Å². The van der Waals surface area contributed by atoms with Crippen molar-refractivity contribution in [1.29, 1.82) is 0 Å². The van der Waals surface area contributed by atoms with Crippen molar-refractivity contribution in [2.24, 2.45) is 0 Å². The van der Waals surface area contributed by atoms with Gasteiger partial charge in [-0.3, -0.25) is 4.79 Å². The molecule has 0 heterocycles. The first kappa shape index (κ1) is 15.1. The van der Waals surface area contributed by atoms with Crippen molar-refractivity contribution < 1.29 is 4.79 Å². The minimum Gasteiger partial charge on any atom is -0.353 e. The second-order valence-electron chi connectivity index (χ2n) is 4.54. The van der Waals surface area contributed by atoms with Crippen LogP contribution in [0.5, 0.6) is 0 Å². The fraction of sp³-hybridized carbons (Fsp3) is 0.533. The molecule has 2 nitrogen and oxygen atoms in total. The largest absolute Gasteiger partial charge is 0.353 e. The van der Waals surface area contributed by atoms with E-state index in [2.05, 4.69) is 36.5 Å². The topological polar surface area (TPSA) is 29.1 Å². The summed E-state index contributed by atoms with van der Waals surface area (Å²) in [6, 6.07) is 10.8. The molecule has 0 aliphatic carbocycles. The smallest absolute Gasteiger partial charge is 0.217 e. The summed E-state index contributed by atoms with van der Waals surface area (Å²) in [7, 11) is 0. The molecule has 3 heteroatoms. The van der Waals surface area contributed by atoms with E-state index < -0.39 is 0 Å². The molecule has 0 radical (unpaired) electrons. The van der Waals surface area contributed by atoms with Gasteiger partial charge in [0.05, 0.1) is 0 Å². The summed E-state index contributed by atoms with van der Waals surface area (Å²) in [5.41, 5.74) is 1.35. The van der Waals surface area contributed by atoms with E-state index in [1.165, 1.54) is 18.4 Å². The van der Waals surface area contributed by atoms with Crippen LogP contribution in [0.4, 0.5) is 0 Å². The van der Waals surface area contributed by atoms with Crippen LogP contribution in [0.25, 0.3) is 0 Å². The Labute approximate surface area is 115 Å². The third-order valence-corrected chi connectivity index (χ3v) is 3.92. The molecule has 18 heavy (non-hydrogen) atoms. The van der Waals surface area contributed by atoms with Crippen LogP contribution < -0.4 is 5.32 Å². The van der Waals surface area contributed by atoms with Crippen LogP contribution in [-0.2, 0) is 10.5 Å². The van der Waals surface area contributed by atoms with Crippen molar-refractivity contribution in [2.75, 3.05) is 5.75 Å². The standard InChI is InChI=1S/C15H23NOS/c1-3-4-10-15(16-13(2)17)12-18-11-14-8-6-5-7-9-14/h5-9,15H,3-4,10-12H2,1-2H3,(H,16,17). The van der Waals surface area contributed by atoms with Crippen molar-refractivity contribution in [2.45, 2.75) is 44.9 Å². The van der Waals surface area contributed by atoms with Crippen LogP contribution in [-0.4, -0.2) is 17.7 Å². The molecule has 0 saturated heterocycles. The summed E-state index contributed by atoms with van der Waals surface area (Å²) in [6.45, 7) is 3.78. The molecule has 0 saturated carbocycles. The lowest BCUT2D eigenvalue weighted by Crippen LogP contribution is -2.35. The van der Waals surface area contributed by atoms with Gasteiger partial charge < -0.3 is 5.32 Å². The number of rotatable bonds is 8. The zero-order chi connectivity index (χ0) is 13.2. The Morgan fingerprint density at radius 1 is 1.33 bits per heavy atom. The molecule has 1 N–H and O–H groups in total. The highest BCUT2D eigenvalue weighted by atomic mass is 32.2. The molecular formula is C15H23NOS. The Morgan fingerprint density at radius 2 is 2.06 bits per heavy atom. The van der Waals surface area contributed by atoms with Crippen LogP contribution in [0.2, 0.25) is 0 Å². The molecule has 1 atom stereocenters. The molecular weight excluding hydrogens is 242 g/mol. The first-order chi connectivity index (χ1) is 8.72. The zero-order valence-corrected chi connectivity index (χ0v) is 12.1. The summed E-state index contributed by atoms with van der Waals surface area (Å²) >= 11 is 1.89. The van der Waals surface area contributed by atoms with Gasteiger partial charge in [0.15, 0.2) is 0 Å². The van der Waals surface area contributed by atoms with E-state index in [1.807, 2.05) is 17.8 Å². The van der Waals surface area contributed by atoms with Crippen LogP contribution in [0.3, 0.4) is 0 Å². The average molecular weight is 265 g/mol. The van der Waals surface area contributed by atoms with Crippen LogP contribution >= 0.6 is 11.8 Å². The van der Waals surface area contributed by atoms with Gasteiger partial charge in [0.1, 0.15) is 0 Å². The maximum Gasteiger partial charge on any atom is 0.217 e. The lowest BCUT2D eigenvalue weighted by atomic mass is 10.1. The molecule has 0 aromatic heterocycles. The van der Waals surface area contributed by atoms with Gasteiger partial charge in [0.2, 0.25) is 5.91 Å². The first-order valence-corrected chi connectivity index (χ1v) is 7.76. The summed E-state index contributed by atoms with van der Waals surface area (Å²) in [4.78, 5) is 11.1. The minimum absolute atomic E-state index is 0.0800. The number of nitrogens with one attached hydrogen (secondary N) is 1. The van der Waals surface area contributed by atoms with E-state index in [0.717, 1.165) is 17.9 Å². The van der Waals surface area contributed by atoms with E-state index in [1.54, 1.807) is 6.92 Å². The van der Waals surface area contributed by atoms with Gasteiger partial charge in [0, 0.05) is 24.5 Å². The van der Waals surface area contributed by atoms with Crippen molar-refractivity contribution in [1.82, 2.24) is 5.32 Å². The molecule has 1 unspecified atom stereocenters. The van der Waals surface area contributed by atoms with Crippen LogP contribution in [0.15, 0.2) is 30.3 Å². The summed E-state index contributed by atoms with van der Waals surface area (Å²) in [5, 5.41) is 3.04. The van der Waals surface area contributed by atoms with Gasteiger partial charge in [-0.2, -0.15) is 11.8 Å².